The van der Waals surface area contributed by atoms with E-state index in [1.165, 1.54) is 5.56 Å². The van der Waals surface area contributed by atoms with Gasteiger partial charge in [0.2, 0.25) is 0 Å². The first-order valence-electron chi connectivity index (χ1n) is 7.62. The lowest BCUT2D eigenvalue weighted by Crippen LogP contribution is -2.46. The summed E-state index contributed by atoms with van der Waals surface area (Å²) < 4.78 is 5.82. The summed E-state index contributed by atoms with van der Waals surface area (Å²) >= 11 is 0. The van der Waals surface area contributed by atoms with Crippen LogP contribution in [0.2, 0.25) is 0 Å². The summed E-state index contributed by atoms with van der Waals surface area (Å²) in [4.78, 5) is 14.8. The van der Waals surface area contributed by atoms with Crippen LogP contribution in [0, 0.1) is 0 Å². The average molecular weight is 272 g/mol. The van der Waals surface area contributed by atoms with Crippen molar-refractivity contribution in [3.05, 3.63) is 29.3 Å². The molecule has 0 radical (unpaired) electrons. The molecule has 0 aromatic heterocycles. The minimum Gasteiger partial charge on any atom is -0.385 e. The van der Waals surface area contributed by atoms with Crippen molar-refractivity contribution < 1.29 is 9.53 Å². The van der Waals surface area contributed by atoms with Gasteiger partial charge in [0.15, 0.2) is 0 Å². The van der Waals surface area contributed by atoms with Crippen molar-refractivity contribution in [1.29, 1.82) is 0 Å². The van der Waals surface area contributed by atoms with Crippen LogP contribution in [-0.2, 0) is 11.2 Å². The second-order valence-electron chi connectivity index (χ2n) is 6.03. The number of hydrogen-bond acceptors (Lipinski definition) is 3. The van der Waals surface area contributed by atoms with E-state index in [0.29, 0.717) is 0 Å². The smallest absolute Gasteiger partial charge is 0.254 e. The fourth-order valence-electron chi connectivity index (χ4n) is 3.66. The maximum absolute atomic E-state index is 12.8. The summed E-state index contributed by atoms with van der Waals surface area (Å²) in [5.41, 5.74) is 3.22. The number of hydrogen-bond donors (Lipinski definition) is 1. The van der Waals surface area contributed by atoms with Gasteiger partial charge in [0.05, 0.1) is 12.2 Å². The zero-order valence-electron chi connectivity index (χ0n) is 11.6. The first-order valence-corrected chi connectivity index (χ1v) is 7.62. The maximum Gasteiger partial charge on any atom is 0.254 e. The maximum atomic E-state index is 12.8. The Morgan fingerprint density at radius 3 is 2.85 bits per heavy atom. The van der Waals surface area contributed by atoms with Gasteiger partial charge in [-0.15, -0.1) is 0 Å². The number of carbonyl (C=O) groups is 1. The molecular weight excluding hydrogens is 252 g/mol. The fraction of sp³-hybridized carbons (Fsp3) is 0.562. The molecule has 4 rings (SSSR count). The number of ether oxygens (including phenoxy) is 1. The number of nitrogens with zero attached hydrogens (tertiary/aromatic N) is 1. The van der Waals surface area contributed by atoms with Gasteiger partial charge in [-0.1, -0.05) is 6.07 Å². The number of anilines is 1. The molecule has 3 aliphatic heterocycles. The number of rotatable bonds is 1. The monoisotopic (exact) mass is 272 g/mol. The lowest BCUT2D eigenvalue weighted by Gasteiger charge is -2.33. The zero-order chi connectivity index (χ0) is 13.5. The molecule has 0 aliphatic carbocycles. The molecule has 4 heteroatoms. The molecule has 0 spiro atoms. The number of morpholine rings is 1. The lowest BCUT2D eigenvalue weighted by atomic mass is 9.96. The van der Waals surface area contributed by atoms with E-state index >= 15 is 0 Å². The van der Waals surface area contributed by atoms with E-state index in [2.05, 4.69) is 11.4 Å². The highest BCUT2D eigenvalue weighted by Crippen LogP contribution is 2.30. The van der Waals surface area contributed by atoms with E-state index in [9.17, 15) is 4.79 Å². The van der Waals surface area contributed by atoms with Gasteiger partial charge >= 0.3 is 0 Å². The van der Waals surface area contributed by atoms with Crippen LogP contribution in [0.3, 0.4) is 0 Å². The van der Waals surface area contributed by atoms with Gasteiger partial charge in [0.25, 0.3) is 5.91 Å². The Balaban J connectivity index is 1.62. The van der Waals surface area contributed by atoms with Gasteiger partial charge in [0.1, 0.15) is 0 Å². The number of nitrogens with one attached hydrogen (secondary N) is 1. The lowest BCUT2D eigenvalue weighted by molar-refractivity contribution is -0.0303. The molecular formula is C16H20N2O2. The molecule has 3 heterocycles. The third-order valence-corrected chi connectivity index (χ3v) is 4.66. The Labute approximate surface area is 119 Å². The summed E-state index contributed by atoms with van der Waals surface area (Å²) in [6.45, 7) is 2.52. The van der Waals surface area contributed by atoms with Gasteiger partial charge in [-0.25, -0.2) is 0 Å². The van der Waals surface area contributed by atoms with E-state index in [-0.39, 0.29) is 18.1 Å². The Morgan fingerprint density at radius 2 is 2.05 bits per heavy atom. The van der Waals surface area contributed by atoms with E-state index < -0.39 is 0 Å². The molecule has 1 amide bonds. The number of benzene rings is 1. The van der Waals surface area contributed by atoms with Crippen molar-refractivity contribution in [2.24, 2.45) is 0 Å². The van der Waals surface area contributed by atoms with Crippen molar-refractivity contribution >= 4 is 11.6 Å². The Hall–Kier alpha value is -1.55. The summed E-state index contributed by atoms with van der Waals surface area (Å²) in [7, 11) is 0. The highest BCUT2D eigenvalue weighted by Gasteiger charge is 2.36. The van der Waals surface area contributed by atoms with Crippen LogP contribution < -0.4 is 5.32 Å². The number of amides is 1. The fourth-order valence-corrected chi connectivity index (χ4v) is 3.66. The van der Waals surface area contributed by atoms with Crippen molar-refractivity contribution in [2.45, 2.75) is 37.9 Å². The van der Waals surface area contributed by atoms with Gasteiger partial charge in [0, 0.05) is 30.9 Å². The molecule has 1 N–H and O–H groups in total. The normalized spacial score (nSPS) is 27.9. The SMILES string of the molecule is O=C(c1cccc2c1CCCN2)N1CC2CCC(C1)O2. The third kappa shape index (κ3) is 1.99. The largest absolute Gasteiger partial charge is 0.385 e. The summed E-state index contributed by atoms with van der Waals surface area (Å²) in [6, 6.07) is 6.04. The first kappa shape index (κ1) is 12.2. The molecule has 20 heavy (non-hydrogen) atoms. The molecule has 2 bridgehead atoms. The second-order valence-corrected chi connectivity index (χ2v) is 6.03. The van der Waals surface area contributed by atoms with Gasteiger partial charge in [-0.3, -0.25) is 4.79 Å². The summed E-state index contributed by atoms with van der Waals surface area (Å²) in [5, 5.41) is 3.40. The third-order valence-electron chi connectivity index (χ3n) is 4.66. The van der Waals surface area contributed by atoms with Crippen molar-refractivity contribution in [3.63, 3.8) is 0 Å². The van der Waals surface area contributed by atoms with Gasteiger partial charge < -0.3 is 15.0 Å². The summed E-state index contributed by atoms with van der Waals surface area (Å²) in [6.07, 6.45) is 4.82. The predicted octanol–water partition coefficient (Wildman–Crippen LogP) is 2.05. The second kappa shape index (κ2) is 4.77. The zero-order valence-corrected chi connectivity index (χ0v) is 11.6. The van der Waals surface area contributed by atoms with E-state index in [1.54, 1.807) is 0 Å². The molecule has 2 fully saturated rings. The Morgan fingerprint density at radius 1 is 1.25 bits per heavy atom. The van der Waals surface area contributed by atoms with Crippen molar-refractivity contribution in [3.8, 4) is 0 Å². The highest BCUT2D eigenvalue weighted by molar-refractivity contribution is 5.97. The molecule has 4 nitrogen and oxygen atoms in total. The van der Waals surface area contributed by atoms with Crippen LogP contribution in [0.15, 0.2) is 18.2 Å². The molecule has 2 atom stereocenters. The molecule has 0 saturated carbocycles. The van der Waals surface area contributed by atoms with Gasteiger partial charge in [-0.2, -0.15) is 0 Å². The first-order chi connectivity index (χ1) is 9.81. The van der Waals surface area contributed by atoms with Crippen molar-refractivity contribution in [2.75, 3.05) is 25.0 Å². The predicted molar refractivity (Wildman–Crippen MR) is 77.1 cm³/mol. The number of carbonyl (C=O) groups excluding carboxylic acids is 1. The quantitative estimate of drug-likeness (QED) is 0.850. The van der Waals surface area contributed by atoms with Gasteiger partial charge in [-0.05, 0) is 43.4 Å². The Kier molecular flexibility index (Phi) is 2.91. The average Bonchev–Trinajstić information content (AvgIpc) is 2.84. The van der Waals surface area contributed by atoms with Crippen LogP contribution in [0.1, 0.15) is 35.2 Å². The number of fused-ring (bicyclic) bond motifs is 3. The van der Waals surface area contributed by atoms with Crippen LogP contribution in [0.25, 0.3) is 0 Å². The van der Waals surface area contributed by atoms with E-state index in [4.69, 9.17) is 4.74 Å². The minimum absolute atomic E-state index is 0.186. The van der Waals surface area contributed by atoms with Crippen molar-refractivity contribution in [1.82, 2.24) is 4.90 Å². The molecule has 1 aromatic rings. The highest BCUT2D eigenvalue weighted by atomic mass is 16.5. The molecule has 2 saturated heterocycles. The van der Waals surface area contributed by atoms with Crippen LogP contribution in [-0.4, -0.2) is 42.6 Å². The summed E-state index contributed by atoms with van der Waals surface area (Å²) in [5.74, 6) is 0.186. The van der Waals surface area contributed by atoms with Crippen LogP contribution in [0.4, 0.5) is 5.69 Å². The topological polar surface area (TPSA) is 41.6 Å². The molecule has 3 aliphatic rings. The minimum atomic E-state index is 0.186. The molecule has 106 valence electrons. The number of likely N-dealkylation sites (tertiary alicyclic amines) is 1. The van der Waals surface area contributed by atoms with Crippen LogP contribution >= 0.6 is 0 Å². The van der Waals surface area contributed by atoms with Crippen LogP contribution in [0.5, 0.6) is 0 Å². The standard InChI is InChI=1S/C16H20N2O2/c19-16(18-9-11-6-7-12(10-18)20-11)14-3-1-5-15-13(14)4-2-8-17-15/h1,3,5,11-12,17H,2,4,6-10H2. The molecule has 2 unspecified atom stereocenters. The Bertz CT molecular complexity index is 531. The van der Waals surface area contributed by atoms with E-state index in [1.807, 2.05) is 17.0 Å². The van der Waals surface area contributed by atoms with E-state index in [0.717, 1.165) is 56.6 Å². The molecule has 1 aromatic carbocycles.